The fourth-order valence-corrected chi connectivity index (χ4v) is 4.47. The van der Waals surface area contributed by atoms with Gasteiger partial charge in [-0.2, -0.15) is 0 Å². The first-order valence-electron chi connectivity index (χ1n) is 12.7. The second kappa shape index (κ2) is 13.6. The molecule has 0 bridgehead atoms. The lowest BCUT2D eigenvalue weighted by Crippen LogP contribution is -2.45. The summed E-state index contributed by atoms with van der Waals surface area (Å²) in [6.07, 6.45) is -0.394. The summed E-state index contributed by atoms with van der Waals surface area (Å²) in [7, 11) is 0. The van der Waals surface area contributed by atoms with E-state index in [4.69, 9.17) is 9.47 Å². The van der Waals surface area contributed by atoms with Crippen molar-refractivity contribution < 1.29 is 19.1 Å². The normalized spacial score (nSPS) is 11.4. The zero-order valence-electron chi connectivity index (χ0n) is 21.9. The number of halogens is 1. The van der Waals surface area contributed by atoms with Crippen LogP contribution in [0, 0.1) is 13.8 Å². The predicted octanol–water partition coefficient (Wildman–Crippen LogP) is 7.12. The topological polar surface area (TPSA) is 76.7 Å². The summed E-state index contributed by atoms with van der Waals surface area (Å²) in [5.41, 5.74) is 5.59. The van der Waals surface area contributed by atoms with Crippen molar-refractivity contribution in [3.8, 4) is 5.75 Å². The smallest absolute Gasteiger partial charge is 0.408 e. The van der Waals surface area contributed by atoms with Crippen molar-refractivity contribution in [2.24, 2.45) is 0 Å². The van der Waals surface area contributed by atoms with Crippen molar-refractivity contribution in [3.05, 3.63) is 129 Å². The lowest BCUT2D eigenvalue weighted by Gasteiger charge is -2.20. The van der Waals surface area contributed by atoms with Gasteiger partial charge in [0.2, 0.25) is 5.91 Å². The molecule has 0 aliphatic rings. The van der Waals surface area contributed by atoms with Crippen LogP contribution >= 0.6 is 15.9 Å². The van der Waals surface area contributed by atoms with Gasteiger partial charge in [0.05, 0.1) is 5.69 Å². The SMILES string of the molecule is Cc1cc(Br)c(NC(=O)[C@H](Cc2ccc(OCc3ccccc3)cc2)NC(=O)OCc2ccccc2)cc1C. The van der Waals surface area contributed by atoms with Crippen LogP contribution in [0.2, 0.25) is 0 Å². The fourth-order valence-electron chi connectivity index (χ4n) is 3.91. The molecule has 2 amide bonds. The Morgan fingerprint density at radius 1 is 0.769 bits per heavy atom. The van der Waals surface area contributed by atoms with Gasteiger partial charge in [-0.3, -0.25) is 4.79 Å². The highest BCUT2D eigenvalue weighted by molar-refractivity contribution is 9.10. The van der Waals surface area contributed by atoms with E-state index in [1.54, 1.807) is 0 Å². The van der Waals surface area contributed by atoms with Crippen molar-refractivity contribution in [2.75, 3.05) is 5.32 Å². The fraction of sp³-hybridized carbons (Fsp3) is 0.188. The summed E-state index contributed by atoms with van der Waals surface area (Å²) in [6.45, 7) is 4.56. The molecular formula is C32H31BrN2O4. The Labute approximate surface area is 237 Å². The molecule has 0 saturated carbocycles. The van der Waals surface area contributed by atoms with Crippen LogP contribution in [0.3, 0.4) is 0 Å². The van der Waals surface area contributed by atoms with Crippen molar-refractivity contribution in [3.63, 3.8) is 0 Å². The number of nitrogens with one attached hydrogen (secondary N) is 2. The van der Waals surface area contributed by atoms with Gasteiger partial charge in [-0.1, -0.05) is 72.8 Å². The maximum Gasteiger partial charge on any atom is 0.408 e. The molecule has 0 saturated heterocycles. The first-order valence-corrected chi connectivity index (χ1v) is 13.5. The first kappa shape index (κ1) is 27.9. The number of ether oxygens (including phenoxy) is 2. The monoisotopic (exact) mass is 586 g/mol. The Kier molecular flexibility index (Phi) is 9.75. The third-order valence-corrected chi connectivity index (χ3v) is 6.93. The van der Waals surface area contributed by atoms with Crippen molar-refractivity contribution >= 4 is 33.6 Å². The molecule has 200 valence electrons. The van der Waals surface area contributed by atoms with E-state index in [0.717, 1.165) is 38.0 Å². The summed E-state index contributed by atoms with van der Waals surface area (Å²) >= 11 is 3.53. The second-order valence-corrected chi connectivity index (χ2v) is 10.1. The van der Waals surface area contributed by atoms with E-state index < -0.39 is 12.1 Å². The Bertz CT molecular complexity index is 1390. The molecule has 0 spiro atoms. The molecule has 0 radical (unpaired) electrons. The molecule has 0 aliphatic heterocycles. The number of carbonyl (C=O) groups excluding carboxylic acids is 2. The number of hydrogen-bond donors (Lipinski definition) is 2. The number of carbonyl (C=O) groups is 2. The Morgan fingerprint density at radius 3 is 2.00 bits per heavy atom. The summed E-state index contributed by atoms with van der Waals surface area (Å²) in [6, 6.07) is 29.8. The third-order valence-electron chi connectivity index (χ3n) is 6.27. The molecule has 2 N–H and O–H groups in total. The van der Waals surface area contributed by atoms with Crippen LogP contribution in [0.15, 0.2) is 102 Å². The van der Waals surface area contributed by atoms with E-state index in [0.29, 0.717) is 12.3 Å². The molecular weight excluding hydrogens is 556 g/mol. The zero-order chi connectivity index (χ0) is 27.6. The summed E-state index contributed by atoms with van der Waals surface area (Å²) in [5.74, 6) is 0.373. The van der Waals surface area contributed by atoms with Gasteiger partial charge in [-0.15, -0.1) is 0 Å². The zero-order valence-corrected chi connectivity index (χ0v) is 23.5. The van der Waals surface area contributed by atoms with Gasteiger partial charge >= 0.3 is 6.09 Å². The summed E-state index contributed by atoms with van der Waals surface area (Å²) in [4.78, 5) is 26.0. The van der Waals surface area contributed by atoms with Gasteiger partial charge in [-0.05, 0) is 81.9 Å². The van der Waals surface area contributed by atoms with E-state index in [1.165, 1.54) is 0 Å². The first-order chi connectivity index (χ1) is 18.9. The van der Waals surface area contributed by atoms with E-state index in [1.807, 2.05) is 111 Å². The number of anilines is 1. The van der Waals surface area contributed by atoms with Crippen LogP contribution in [0.1, 0.15) is 27.8 Å². The van der Waals surface area contributed by atoms with Crippen LogP contribution in [0.4, 0.5) is 10.5 Å². The highest BCUT2D eigenvalue weighted by Gasteiger charge is 2.23. The standard InChI is InChI=1S/C32H31BrN2O4/c1-22-17-28(33)29(18-23(22)2)34-31(36)30(35-32(37)39-21-26-11-7-4-8-12-26)19-24-13-15-27(16-14-24)38-20-25-9-5-3-6-10-25/h3-18,30H,19-21H2,1-2H3,(H,34,36)(H,35,37)/t30-/m0/s1. The number of rotatable bonds is 10. The van der Waals surface area contributed by atoms with Crippen LogP contribution in [-0.4, -0.2) is 18.0 Å². The average Bonchev–Trinajstić information content (AvgIpc) is 2.95. The maximum absolute atomic E-state index is 13.4. The van der Waals surface area contributed by atoms with E-state index in [2.05, 4.69) is 26.6 Å². The minimum absolute atomic E-state index is 0.108. The number of benzene rings is 4. The summed E-state index contributed by atoms with van der Waals surface area (Å²) in [5, 5.41) is 5.69. The van der Waals surface area contributed by atoms with Crippen LogP contribution in [-0.2, 0) is 29.2 Å². The van der Waals surface area contributed by atoms with Crippen molar-refractivity contribution in [1.82, 2.24) is 5.32 Å². The van der Waals surface area contributed by atoms with Crippen LogP contribution in [0.25, 0.3) is 0 Å². The minimum atomic E-state index is -0.863. The molecule has 7 heteroatoms. The Morgan fingerprint density at radius 2 is 1.36 bits per heavy atom. The third kappa shape index (κ3) is 8.45. The molecule has 0 unspecified atom stereocenters. The lowest BCUT2D eigenvalue weighted by atomic mass is 10.0. The van der Waals surface area contributed by atoms with Gasteiger partial charge < -0.3 is 20.1 Å². The van der Waals surface area contributed by atoms with E-state index >= 15 is 0 Å². The van der Waals surface area contributed by atoms with Gasteiger partial charge in [0.1, 0.15) is 25.0 Å². The maximum atomic E-state index is 13.4. The molecule has 0 heterocycles. The number of alkyl carbamates (subject to hydrolysis) is 1. The second-order valence-electron chi connectivity index (χ2n) is 9.29. The molecule has 1 atom stereocenters. The highest BCUT2D eigenvalue weighted by atomic mass is 79.9. The predicted molar refractivity (Wildman–Crippen MR) is 157 cm³/mol. The lowest BCUT2D eigenvalue weighted by molar-refractivity contribution is -0.118. The molecule has 0 aromatic heterocycles. The summed E-state index contributed by atoms with van der Waals surface area (Å²) < 4.78 is 12.0. The molecule has 4 aromatic rings. The molecule has 6 nitrogen and oxygen atoms in total. The molecule has 4 rings (SSSR count). The van der Waals surface area contributed by atoms with Crippen molar-refractivity contribution in [1.29, 1.82) is 0 Å². The molecule has 4 aromatic carbocycles. The van der Waals surface area contributed by atoms with E-state index in [-0.39, 0.29) is 18.9 Å². The van der Waals surface area contributed by atoms with Crippen molar-refractivity contribution in [2.45, 2.75) is 39.5 Å². The molecule has 39 heavy (non-hydrogen) atoms. The average molecular weight is 588 g/mol. The minimum Gasteiger partial charge on any atom is -0.489 e. The van der Waals surface area contributed by atoms with E-state index in [9.17, 15) is 9.59 Å². The number of aryl methyl sites for hydroxylation is 2. The highest BCUT2D eigenvalue weighted by Crippen LogP contribution is 2.26. The quantitative estimate of drug-likeness (QED) is 0.207. The van der Waals surface area contributed by atoms with Gasteiger partial charge in [0, 0.05) is 10.9 Å². The van der Waals surface area contributed by atoms with Gasteiger partial charge in [0.15, 0.2) is 0 Å². The van der Waals surface area contributed by atoms with Crippen LogP contribution < -0.4 is 15.4 Å². The number of amides is 2. The molecule has 0 aliphatic carbocycles. The molecule has 0 fully saturated rings. The van der Waals surface area contributed by atoms with Crippen LogP contribution in [0.5, 0.6) is 5.75 Å². The Balaban J connectivity index is 1.44. The Hall–Kier alpha value is -4.10. The largest absolute Gasteiger partial charge is 0.489 e. The van der Waals surface area contributed by atoms with Gasteiger partial charge in [-0.25, -0.2) is 4.79 Å². The number of hydrogen-bond acceptors (Lipinski definition) is 4. The van der Waals surface area contributed by atoms with Gasteiger partial charge in [0.25, 0.3) is 0 Å².